The Morgan fingerprint density at radius 2 is 1.97 bits per heavy atom. The van der Waals surface area contributed by atoms with Crippen molar-refractivity contribution in [2.45, 2.75) is 5.16 Å². The number of anilines is 1. The van der Waals surface area contributed by atoms with Crippen molar-refractivity contribution in [1.29, 1.82) is 5.26 Å². The van der Waals surface area contributed by atoms with Crippen molar-refractivity contribution in [1.82, 2.24) is 14.8 Å². The summed E-state index contributed by atoms with van der Waals surface area (Å²) in [7, 11) is 0. The first-order chi connectivity index (χ1) is 15.1. The molecule has 0 unspecified atom stereocenters. The van der Waals surface area contributed by atoms with Gasteiger partial charge in [0.1, 0.15) is 11.1 Å². The van der Waals surface area contributed by atoms with E-state index in [0.29, 0.717) is 37.2 Å². The summed E-state index contributed by atoms with van der Waals surface area (Å²) in [4.78, 5) is 12.4. The summed E-state index contributed by atoms with van der Waals surface area (Å²) in [6.45, 7) is 0. The highest BCUT2D eigenvalue weighted by Crippen LogP contribution is 2.33. The third-order valence-electron chi connectivity index (χ3n) is 4.19. The molecule has 0 saturated carbocycles. The lowest BCUT2D eigenvalue weighted by atomic mass is 10.2. The summed E-state index contributed by atoms with van der Waals surface area (Å²) >= 11 is 15.0. The summed E-state index contributed by atoms with van der Waals surface area (Å²) in [5.74, 6) is 0.403. The SMILES string of the molecule is N#Cc1ccsc1NC(=O)CSc1nnc(-c2ccc(Cl)cc2Cl)n1-c1ccccc1. The van der Waals surface area contributed by atoms with E-state index >= 15 is 0 Å². The summed E-state index contributed by atoms with van der Waals surface area (Å²) in [5.41, 5.74) is 1.95. The largest absolute Gasteiger partial charge is 0.316 e. The number of nitrogens with zero attached hydrogens (tertiary/aromatic N) is 4. The van der Waals surface area contributed by atoms with E-state index in [-0.39, 0.29) is 11.7 Å². The minimum Gasteiger partial charge on any atom is -0.316 e. The van der Waals surface area contributed by atoms with Crippen LogP contribution in [0.25, 0.3) is 17.1 Å². The fourth-order valence-corrected chi connectivity index (χ4v) is 4.80. The first-order valence-corrected chi connectivity index (χ1v) is 11.6. The average molecular weight is 486 g/mol. The molecule has 0 aliphatic carbocycles. The molecule has 0 atom stereocenters. The van der Waals surface area contributed by atoms with Crippen molar-refractivity contribution in [3.63, 3.8) is 0 Å². The lowest BCUT2D eigenvalue weighted by molar-refractivity contribution is -0.113. The molecule has 0 bridgehead atoms. The van der Waals surface area contributed by atoms with Gasteiger partial charge in [-0.25, -0.2) is 0 Å². The molecule has 0 saturated heterocycles. The molecule has 0 aliphatic heterocycles. The lowest BCUT2D eigenvalue weighted by Crippen LogP contribution is -2.14. The number of hydrogen-bond acceptors (Lipinski definition) is 6. The number of nitrogens with one attached hydrogen (secondary N) is 1. The number of amides is 1. The first kappa shape index (κ1) is 21.4. The molecule has 31 heavy (non-hydrogen) atoms. The molecule has 2 aromatic heterocycles. The molecule has 0 spiro atoms. The predicted octanol–water partition coefficient (Wildman–Crippen LogP) is 5.91. The second-order valence-electron chi connectivity index (χ2n) is 6.21. The Morgan fingerprint density at radius 3 is 2.71 bits per heavy atom. The summed E-state index contributed by atoms with van der Waals surface area (Å²) in [6.07, 6.45) is 0. The van der Waals surface area contributed by atoms with E-state index in [1.54, 1.807) is 29.6 Å². The van der Waals surface area contributed by atoms with Crippen LogP contribution in [0.4, 0.5) is 5.00 Å². The number of thioether (sulfide) groups is 1. The minimum absolute atomic E-state index is 0.0993. The van der Waals surface area contributed by atoms with Crippen LogP contribution in [0, 0.1) is 11.3 Å². The van der Waals surface area contributed by atoms with Crippen molar-refractivity contribution in [3.8, 4) is 23.1 Å². The number of carbonyl (C=O) groups excluding carboxylic acids is 1. The molecule has 0 radical (unpaired) electrons. The maximum Gasteiger partial charge on any atom is 0.235 e. The Hall–Kier alpha value is -2.83. The van der Waals surface area contributed by atoms with Gasteiger partial charge in [-0.1, -0.05) is 53.2 Å². The molecule has 0 aliphatic rings. The number of thiophene rings is 1. The Labute approximate surface area is 196 Å². The van der Waals surface area contributed by atoms with Crippen LogP contribution in [0.1, 0.15) is 5.56 Å². The summed E-state index contributed by atoms with van der Waals surface area (Å²) < 4.78 is 1.85. The van der Waals surface area contributed by atoms with E-state index in [4.69, 9.17) is 28.5 Å². The highest BCUT2D eigenvalue weighted by molar-refractivity contribution is 7.99. The van der Waals surface area contributed by atoms with Gasteiger partial charge >= 0.3 is 0 Å². The standard InChI is InChI=1S/C21H13Cl2N5OS2/c22-14-6-7-16(17(23)10-14)19-26-27-21(28(19)15-4-2-1-3-5-15)31-12-18(29)25-20-13(11-24)8-9-30-20/h1-10H,12H2,(H,25,29). The first-order valence-electron chi connectivity index (χ1n) is 8.93. The van der Waals surface area contributed by atoms with E-state index in [0.717, 1.165) is 5.69 Å². The van der Waals surface area contributed by atoms with Crippen molar-refractivity contribution in [2.75, 3.05) is 11.1 Å². The van der Waals surface area contributed by atoms with Crippen LogP contribution in [-0.2, 0) is 4.79 Å². The topological polar surface area (TPSA) is 83.6 Å². The monoisotopic (exact) mass is 485 g/mol. The number of carbonyl (C=O) groups is 1. The molecule has 1 amide bonds. The van der Waals surface area contributed by atoms with Gasteiger partial charge in [-0.05, 0) is 41.8 Å². The molecular weight excluding hydrogens is 473 g/mol. The number of aromatic nitrogens is 3. The molecule has 4 aromatic rings. The quantitative estimate of drug-likeness (QED) is 0.343. The number of benzene rings is 2. The Bertz CT molecular complexity index is 1280. The fraction of sp³-hybridized carbons (Fsp3) is 0.0476. The van der Waals surface area contributed by atoms with Gasteiger partial charge in [0.05, 0.1) is 16.3 Å². The number of halogens is 2. The third-order valence-corrected chi connectivity index (χ3v) is 6.50. The van der Waals surface area contributed by atoms with E-state index in [1.165, 1.54) is 23.1 Å². The van der Waals surface area contributed by atoms with Gasteiger partial charge in [0.15, 0.2) is 11.0 Å². The van der Waals surface area contributed by atoms with Crippen molar-refractivity contribution >= 4 is 57.2 Å². The van der Waals surface area contributed by atoms with Gasteiger partial charge < -0.3 is 5.32 Å². The molecule has 154 valence electrons. The molecule has 2 aromatic carbocycles. The van der Waals surface area contributed by atoms with Gasteiger partial charge in [0, 0.05) is 16.3 Å². The molecule has 2 heterocycles. The van der Waals surface area contributed by atoms with E-state index in [9.17, 15) is 4.79 Å². The van der Waals surface area contributed by atoms with Crippen LogP contribution in [-0.4, -0.2) is 26.4 Å². The van der Waals surface area contributed by atoms with E-state index in [2.05, 4.69) is 21.6 Å². The zero-order valence-electron chi connectivity index (χ0n) is 15.8. The number of hydrogen-bond donors (Lipinski definition) is 1. The molecular formula is C21H13Cl2N5OS2. The van der Waals surface area contributed by atoms with Crippen molar-refractivity contribution in [3.05, 3.63) is 75.6 Å². The van der Waals surface area contributed by atoms with Crippen LogP contribution >= 0.6 is 46.3 Å². The van der Waals surface area contributed by atoms with Crippen molar-refractivity contribution in [2.24, 2.45) is 0 Å². The summed E-state index contributed by atoms with van der Waals surface area (Å²) in [5, 5.41) is 24.3. The van der Waals surface area contributed by atoms with Crippen LogP contribution < -0.4 is 5.32 Å². The van der Waals surface area contributed by atoms with Crippen LogP contribution in [0.15, 0.2) is 65.1 Å². The highest BCUT2D eigenvalue weighted by Gasteiger charge is 2.19. The second kappa shape index (κ2) is 9.54. The lowest BCUT2D eigenvalue weighted by Gasteiger charge is -2.11. The Balaban J connectivity index is 1.63. The average Bonchev–Trinajstić information content (AvgIpc) is 3.39. The predicted molar refractivity (Wildman–Crippen MR) is 125 cm³/mol. The maximum absolute atomic E-state index is 12.4. The number of rotatable bonds is 6. The van der Waals surface area contributed by atoms with Gasteiger partial charge in [-0.15, -0.1) is 21.5 Å². The zero-order valence-corrected chi connectivity index (χ0v) is 18.9. The third kappa shape index (κ3) is 4.75. The van der Waals surface area contributed by atoms with Crippen LogP contribution in [0.2, 0.25) is 10.0 Å². The van der Waals surface area contributed by atoms with Crippen LogP contribution in [0.5, 0.6) is 0 Å². The van der Waals surface area contributed by atoms with Crippen molar-refractivity contribution < 1.29 is 4.79 Å². The molecule has 1 N–H and O–H groups in total. The molecule has 0 fully saturated rings. The minimum atomic E-state index is -0.238. The maximum atomic E-state index is 12.4. The number of nitriles is 1. The second-order valence-corrected chi connectivity index (χ2v) is 8.92. The van der Waals surface area contributed by atoms with E-state index in [1.807, 2.05) is 34.9 Å². The van der Waals surface area contributed by atoms with Gasteiger partial charge in [-0.3, -0.25) is 9.36 Å². The van der Waals surface area contributed by atoms with Crippen LogP contribution in [0.3, 0.4) is 0 Å². The molecule has 6 nitrogen and oxygen atoms in total. The zero-order chi connectivity index (χ0) is 21.8. The smallest absolute Gasteiger partial charge is 0.235 e. The van der Waals surface area contributed by atoms with Gasteiger partial charge in [0.2, 0.25) is 5.91 Å². The fourth-order valence-electron chi connectivity index (χ4n) is 2.81. The Kier molecular flexibility index (Phi) is 6.59. The van der Waals surface area contributed by atoms with E-state index < -0.39 is 0 Å². The highest BCUT2D eigenvalue weighted by atomic mass is 35.5. The number of para-hydroxylation sites is 1. The molecule has 10 heteroatoms. The van der Waals surface area contributed by atoms with Gasteiger partial charge in [0.25, 0.3) is 0 Å². The molecule has 4 rings (SSSR count). The normalized spacial score (nSPS) is 10.6. The van der Waals surface area contributed by atoms with Gasteiger partial charge in [-0.2, -0.15) is 5.26 Å². The Morgan fingerprint density at radius 1 is 1.16 bits per heavy atom. The summed E-state index contributed by atoms with van der Waals surface area (Å²) in [6, 6.07) is 18.5.